The molecule has 2 aliphatic heterocycles. The Morgan fingerprint density at radius 1 is 1.14 bits per heavy atom. The maximum absolute atomic E-state index is 11.9. The molecule has 0 bridgehead atoms. The van der Waals surface area contributed by atoms with Crippen molar-refractivity contribution in [1.29, 1.82) is 0 Å². The average molecular weight is 417 g/mol. The zero-order valence-corrected chi connectivity index (χ0v) is 15.4. The van der Waals surface area contributed by atoms with Gasteiger partial charge in [-0.05, 0) is 0 Å². The number of aromatic nitrogens is 2. The normalized spacial score (nSPS) is 37.0. The second kappa shape index (κ2) is 8.71. The summed E-state index contributed by atoms with van der Waals surface area (Å²) in [6, 6.07) is 1.06. The van der Waals surface area contributed by atoms with Gasteiger partial charge in [0.25, 0.3) is 5.56 Å². The summed E-state index contributed by atoms with van der Waals surface area (Å²) in [6.45, 7) is 0.917. The topological polar surface area (TPSA) is 193 Å². The molecule has 0 spiro atoms. The molecule has 2 aliphatic rings. The number of hydrogen-bond acceptors (Lipinski definition) is 10. The number of amides is 1. The molecule has 13 heteroatoms. The van der Waals surface area contributed by atoms with Crippen molar-refractivity contribution in [2.75, 3.05) is 13.2 Å². The summed E-state index contributed by atoms with van der Waals surface area (Å²) >= 11 is 0. The highest BCUT2D eigenvalue weighted by Gasteiger charge is 2.47. The molecule has 2 fully saturated rings. The van der Waals surface area contributed by atoms with Crippen molar-refractivity contribution < 1.29 is 39.4 Å². The second-order valence-corrected chi connectivity index (χ2v) is 6.86. The molecule has 3 heterocycles. The Morgan fingerprint density at radius 2 is 1.83 bits per heavy atom. The highest BCUT2D eigenvalue weighted by Crippen LogP contribution is 2.29. The lowest BCUT2D eigenvalue weighted by Crippen LogP contribution is -2.40. The molecule has 6 N–H and O–H groups in total. The summed E-state index contributed by atoms with van der Waals surface area (Å²) in [5.74, 6) is -0.334. The molecule has 0 saturated carbocycles. The molecule has 3 rings (SSSR count). The Bertz CT molecular complexity index is 841. The van der Waals surface area contributed by atoms with Gasteiger partial charge in [0, 0.05) is 25.7 Å². The van der Waals surface area contributed by atoms with Crippen LogP contribution in [0.5, 0.6) is 0 Å². The summed E-state index contributed by atoms with van der Waals surface area (Å²) in [5.41, 5.74) is -1.45. The number of nitrogens with zero attached hydrogens (tertiary/aromatic N) is 1. The zero-order valence-electron chi connectivity index (χ0n) is 15.4. The number of hydrogen-bond donors (Lipinski definition) is 6. The van der Waals surface area contributed by atoms with Crippen LogP contribution in [0.4, 0.5) is 0 Å². The third kappa shape index (κ3) is 4.56. The van der Waals surface area contributed by atoms with Gasteiger partial charge < -0.3 is 40.0 Å². The van der Waals surface area contributed by atoms with Crippen LogP contribution in [-0.4, -0.2) is 91.9 Å². The standard InChI is InChI=1S/C16H23N3O10/c1-6(20)17-4-7-10(22)13(25)15(29-7)27-5-8-11(23)12(24)14(28-8)19-3-2-9(21)18-16(19)26/h2-3,7-8,10-15,22-25H,4-5H2,1H3,(H,17,20)(H,18,21,26)/t7-,8-,10-,11-,12-,13-,14-,15-/m1/s1. The number of rotatable bonds is 6. The Morgan fingerprint density at radius 3 is 2.48 bits per heavy atom. The van der Waals surface area contributed by atoms with Crippen LogP contribution < -0.4 is 16.6 Å². The number of aliphatic hydroxyl groups is 4. The molecule has 1 aromatic heterocycles. The summed E-state index contributed by atoms with van der Waals surface area (Å²) in [6.07, 6.45) is -9.02. The van der Waals surface area contributed by atoms with E-state index in [4.69, 9.17) is 14.2 Å². The van der Waals surface area contributed by atoms with Crippen molar-refractivity contribution >= 4 is 5.91 Å². The fourth-order valence-corrected chi connectivity index (χ4v) is 3.18. The van der Waals surface area contributed by atoms with Crippen molar-refractivity contribution in [3.63, 3.8) is 0 Å². The van der Waals surface area contributed by atoms with E-state index < -0.39 is 60.4 Å². The van der Waals surface area contributed by atoms with E-state index in [-0.39, 0.29) is 19.1 Å². The lowest BCUT2D eigenvalue weighted by molar-refractivity contribution is -0.187. The van der Waals surface area contributed by atoms with Gasteiger partial charge >= 0.3 is 5.69 Å². The summed E-state index contributed by atoms with van der Waals surface area (Å²) in [7, 11) is 0. The highest BCUT2D eigenvalue weighted by molar-refractivity contribution is 5.72. The average Bonchev–Trinajstić information content (AvgIpc) is 3.09. The second-order valence-electron chi connectivity index (χ2n) is 6.86. The number of H-pyrrole nitrogens is 1. The first-order chi connectivity index (χ1) is 13.7. The van der Waals surface area contributed by atoms with Crippen LogP contribution in [0.3, 0.4) is 0 Å². The van der Waals surface area contributed by atoms with Crippen LogP contribution in [0.25, 0.3) is 0 Å². The van der Waals surface area contributed by atoms with E-state index in [9.17, 15) is 34.8 Å². The predicted molar refractivity (Wildman–Crippen MR) is 92.6 cm³/mol. The van der Waals surface area contributed by atoms with Crippen molar-refractivity contribution in [2.24, 2.45) is 0 Å². The maximum atomic E-state index is 11.9. The summed E-state index contributed by atoms with van der Waals surface area (Å²) in [4.78, 5) is 36.0. The Kier molecular flexibility index (Phi) is 6.48. The first kappa shape index (κ1) is 21.6. The minimum atomic E-state index is -1.49. The van der Waals surface area contributed by atoms with Crippen molar-refractivity contribution in [2.45, 2.75) is 56.1 Å². The first-order valence-electron chi connectivity index (χ1n) is 8.89. The maximum Gasteiger partial charge on any atom is 0.330 e. The molecule has 162 valence electrons. The number of aliphatic hydroxyl groups excluding tert-OH is 4. The Hall–Kier alpha value is -2.13. The summed E-state index contributed by atoms with van der Waals surface area (Å²) < 4.78 is 17.1. The van der Waals surface area contributed by atoms with Crippen LogP contribution in [0, 0.1) is 0 Å². The molecular weight excluding hydrogens is 394 g/mol. The molecule has 0 aliphatic carbocycles. The van der Waals surface area contributed by atoms with E-state index >= 15 is 0 Å². The summed E-state index contributed by atoms with van der Waals surface area (Å²) in [5, 5.41) is 42.8. The van der Waals surface area contributed by atoms with Crippen LogP contribution in [-0.2, 0) is 19.0 Å². The van der Waals surface area contributed by atoms with Gasteiger partial charge in [-0.15, -0.1) is 0 Å². The van der Waals surface area contributed by atoms with Gasteiger partial charge in [0.1, 0.15) is 36.6 Å². The molecule has 0 aromatic carbocycles. The monoisotopic (exact) mass is 417 g/mol. The minimum Gasteiger partial charge on any atom is -0.387 e. The van der Waals surface area contributed by atoms with Gasteiger partial charge in [0.15, 0.2) is 12.5 Å². The van der Waals surface area contributed by atoms with Crippen LogP contribution in [0.1, 0.15) is 13.2 Å². The van der Waals surface area contributed by atoms with Gasteiger partial charge in [0.05, 0.1) is 6.61 Å². The molecule has 29 heavy (non-hydrogen) atoms. The number of ether oxygens (including phenoxy) is 3. The molecule has 0 unspecified atom stereocenters. The third-order valence-electron chi connectivity index (χ3n) is 4.76. The smallest absolute Gasteiger partial charge is 0.330 e. The van der Waals surface area contributed by atoms with Crippen LogP contribution in [0.15, 0.2) is 21.9 Å². The van der Waals surface area contributed by atoms with E-state index in [1.54, 1.807) is 0 Å². The van der Waals surface area contributed by atoms with Gasteiger partial charge in [0.2, 0.25) is 5.91 Å². The molecule has 0 radical (unpaired) electrons. The zero-order chi connectivity index (χ0) is 21.3. The van der Waals surface area contributed by atoms with E-state index in [0.717, 1.165) is 16.8 Å². The van der Waals surface area contributed by atoms with E-state index in [1.165, 1.54) is 6.92 Å². The van der Waals surface area contributed by atoms with Gasteiger partial charge in [-0.3, -0.25) is 19.1 Å². The van der Waals surface area contributed by atoms with E-state index in [0.29, 0.717) is 0 Å². The van der Waals surface area contributed by atoms with Crippen LogP contribution >= 0.6 is 0 Å². The van der Waals surface area contributed by atoms with Gasteiger partial charge in [-0.1, -0.05) is 0 Å². The van der Waals surface area contributed by atoms with Crippen LogP contribution in [0.2, 0.25) is 0 Å². The van der Waals surface area contributed by atoms with Gasteiger partial charge in [-0.2, -0.15) is 0 Å². The molecule has 2 saturated heterocycles. The van der Waals surface area contributed by atoms with E-state index in [2.05, 4.69) is 5.32 Å². The lowest BCUT2D eigenvalue weighted by Gasteiger charge is -2.20. The van der Waals surface area contributed by atoms with E-state index in [1.807, 2.05) is 4.98 Å². The highest BCUT2D eigenvalue weighted by atomic mass is 16.7. The first-order valence-corrected chi connectivity index (χ1v) is 8.89. The largest absolute Gasteiger partial charge is 0.387 e. The van der Waals surface area contributed by atoms with Crippen molar-refractivity contribution in [1.82, 2.24) is 14.9 Å². The number of aromatic amines is 1. The molecule has 1 aromatic rings. The SMILES string of the molecule is CC(=O)NC[C@H]1O[C@@H](OC[C@H]2O[C@@H](n3ccc(=O)[nH]c3=O)[C@H](O)[C@@H]2O)[C@H](O)[C@@H]1O. The van der Waals surface area contributed by atoms with Crippen molar-refractivity contribution in [3.8, 4) is 0 Å². The Balaban J connectivity index is 1.60. The number of carbonyl (C=O) groups excluding carboxylic acids is 1. The fraction of sp³-hybridized carbons (Fsp3) is 0.688. The fourth-order valence-electron chi connectivity index (χ4n) is 3.18. The van der Waals surface area contributed by atoms with Crippen molar-refractivity contribution in [3.05, 3.63) is 33.1 Å². The number of nitrogens with one attached hydrogen (secondary N) is 2. The third-order valence-corrected chi connectivity index (χ3v) is 4.76. The predicted octanol–water partition coefficient (Wildman–Crippen LogP) is -4.24. The Labute approximate surface area is 163 Å². The molecule has 8 atom stereocenters. The quantitative estimate of drug-likeness (QED) is 0.264. The molecular formula is C16H23N3O10. The minimum absolute atomic E-state index is 0.0358. The number of carbonyl (C=O) groups is 1. The van der Waals surface area contributed by atoms with Gasteiger partial charge in [-0.25, -0.2) is 4.79 Å². The molecule has 1 amide bonds. The molecule has 13 nitrogen and oxygen atoms in total. The lowest BCUT2D eigenvalue weighted by atomic mass is 10.1.